The van der Waals surface area contributed by atoms with Crippen LogP contribution in [0.5, 0.6) is 0 Å². The van der Waals surface area contributed by atoms with E-state index < -0.39 is 0 Å². The molecule has 3 nitrogen and oxygen atoms in total. The van der Waals surface area contributed by atoms with Crippen molar-refractivity contribution in [2.75, 3.05) is 13.7 Å². The van der Waals surface area contributed by atoms with Crippen LogP contribution in [-0.2, 0) is 26.5 Å². The summed E-state index contributed by atoms with van der Waals surface area (Å²) in [4.78, 5) is 6.56. The maximum Gasteiger partial charge on any atom is 2.00 e. The number of hydrogen-bond acceptors (Lipinski definition) is 3. The third kappa shape index (κ3) is 7.90. The summed E-state index contributed by atoms with van der Waals surface area (Å²) in [6, 6.07) is 10.7. The molecule has 1 aromatic carbocycles. The predicted octanol–water partition coefficient (Wildman–Crippen LogP) is 5.09. The van der Waals surface area contributed by atoms with E-state index in [4.69, 9.17) is 14.5 Å². The van der Waals surface area contributed by atoms with Gasteiger partial charge in [-0.15, -0.1) is 0 Å². The first-order valence-corrected chi connectivity index (χ1v) is 12.3. The Morgan fingerprint density at radius 3 is 2.16 bits per heavy atom. The number of ether oxygens (including phenoxy) is 2. The molecule has 10 radical (unpaired) electrons. The maximum atomic E-state index is 5.89. The van der Waals surface area contributed by atoms with Gasteiger partial charge in [0, 0.05) is 0 Å². The molecule has 4 rings (SSSR count). The van der Waals surface area contributed by atoms with Crippen molar-refractivity contribution in [2.24, 2.45) is 10.9 Å². The van der Waals surface area contributed by atoms with Crippen LogP contribution in [0.25, 0.3) is 0 Å². The Balaban J connectivity index is 0.000000501. The molecule has 3 atom stereocenters. The minimum atomic E-state index is 0. The molecular weight excluding hydrogens is 493 g/mol. The van der Waals surface area contributed by atoms with Gasteiger partial charge in [-0.05, 0) is 32.1 Å². The van der Waals surface area contributed by atoms with Crippen molar-refractivity contribution in [3.8, 4) is 0 Å². The predicted molar refractivity (Wildman–Crippen MR) is 124 cm³/mol. The van der Waals surface area contributed by atoms with Crippen LogP contribution in [0.3, 0.4) is 0 Å². The normalized spacial score (nSPS) is 23.5. The van der Waals surface area contributed by atoms with E-state index >= 15 is 0 Å². The van der Waals surface area contributed by atoms with E-state index in [2.05, 4.69) is 64.3 Å². The molecule has 0 saturated heterocycles. The number of benzene rings is 1. The van der Waals surface area contributed by atoms with Crippen LogP contribution in [-0.4, -0.2) is 40.6 Å². The Hall–Kier alpha value is -0.311. The molecule has 0 N–H and O–H groups in total. The summed E-state index contributed by atoms with van der Waals surface area (Å²) in [5.74, 6) is 2.50. The summed E-state index contributed by atoms with van der Waals surface area (Å²) in [5.41, 5.74) is 1.24. The number of hydrogen-bond donors (Lipinski definition) is 0. The average molecular weight is 524 g/mol. The van der Waals surface area contributed by atoms with Crippen LogP contribution in [0.2, 0.25) is 4.82 Å². The van der Waals surface area contributed by atoms with Gasteiger partial charge in [0.1, 0.15) is 0 Å². The first-order valence-electron chi connectivity index (χ1n) is 10.5. The molecule has 5 heteroatoms. The summed E-state index contributed by atoms with van der Waals surface area (Å²) in [6.45, 7) is 7.36. The number of nitrogens with zero attached hydrogens (tertiary/aromatic N) is 1. The summed E-state index contributed by atoms with van der Waals surface area (Å²) in [5, 5.41) is 0. The molecule has 0 spiro atoms. The number of aliphatic imine (C=N–C) groups is 1. The third-order valence-electron chi connectivity index (χ3n) is 5.13. The van der Waals surface area contributed by atoms with E-state index in [1.54, 1.807) is 7.11 Å². The molecular formula is C26H31FeNO2Se+2. The fraction of sp³-hybridized carbons (Fsp3) is 0.346. The van der Waals surface area contributed by atoms with E-state index in [0.29, 0.717) is 17.3 Å². The molecule has 2 fully saturated rings. The zero-order chi connectivity index (χ0) is 21.3. The van der Waals surface area contributed by atoms with Crippen molar-refractivity contribution in [2.45, 2.75) is 37.7 Å². The Kier molecular flexibility index (Phi) is 12.2. The van der Waals surface area contributed by atoms with Gasteiger partial charge in [0.05, 0.1) is 0 Å². The molecule has 0 bridgehead atoms. The van der Waals surface area contributed by atoms with Gasteiger partial charge in [0.25, 0.3) is 0 Å². The van der Waals surface area contributed by atoms with Gasteiger partial charge in [-0.2, -0.15) is 0 Å². The zero-order valence-corrected chi connectivity index (χ0v) is 21.4. The summed E-state index contributed by atoms with van der Waals surface area (Å²) >= 11 is 0.275. The van der Waals surface area contributed by atoms with E-state index in [1.165, 1.54) is 10.4 Å². The largest absolute Gasteiger partial charge is 2.00 e. The molecule has 3 aliphatic rings. The van der Waals surface area contributed by atoms with Gasteiger partial charge in [-0.3, -0.25) is 0 Å². The SMILES string of the molecule is COC(c1ccccc1)C(C)[Se][C]1[CH][CH][CH][C]1C1=N[C@@H](C(C)C)CO1.[CH]1[CH][CH][CH][CH]1.[Fe+2]. The molecule has 1 aliphatic heterocycles. The molecule has 2 unspecified atom stereocenters. The Bertz CT molecular complexity index is 642. The van der Waals surface area contributed by atoms with Gasteiger partial charge in [0.15, 0.2) is 0 Å². The van der Waals surface area contributed by atoms with Gasteiger partial charge in [0.2, 0.25) is 0 Å². The number of rotatable bonds is 7. The quantitative estimate of drug-likeness (QED) is 0.466. The maximum absolute atomic E-state index is 5.89. The Morgan fingerprint density at radius 2 is 1.61 bits per heavy atom. The van der Waals surface area contributed by atoms with Gasteiger partial charge < -0.3 is 0 Å². The third-order valence-corrected chi connectivity index (χ3v) is 7.70. The molecule has 2 aliphatic carbocycles. The molecule has 2 saturated carbocycles. The van der Waals surface area contributed by atoms with Crippen LogP contribution in [0.1, 0.15) is 32.4 Å². The fourth-order valence-electron chi connectivity index (χ4n) is 3.39. The fourth-order valence-corrected chi connectivity index (χ4v) is 5.97. The van der Waals surface area contributed by atoms with E-state index in [-0.39, 0.29) is 44.2 Å². The van der Waals surface area contributed by atoms with E-state index in [1.807, 2.05) is 38.2 Å². The minimum Gasteiger partial charge on any atom is -0.0312 e. The van der Waals surface area contributed by atoms with Crippen molar-refractivity contribution < 1.29 is 26.5 Å². The van der Waals surface area contributed by atoms with Crippen molar-refractivity contribution in [1.82, 2.24) is 0 Å². The molecule has 0 aromatic heterocycles. The molecule has 164 valence electrons. The van der Waals surface area contributed by atoms with Crippen LogP contribution >= 0.6 is 0 Å². The van der Waals surface area contributed by atoms with Gasteiger partial charge in [-0.1, -0.05) is 0 Å². The van der Waals surface area contributed by atoms with Crippen LogP contribution < -0.4 is 0 Å². The topological polar surface area (TPSA) is 30.8 Å². The standard InChI is InChI=1S/C21H26NO2Se.C5H5.Fe/c1-14(2)18-13-24-21(22-18)17-11-8-12-19(17)25-15(3)20(23-4)16-9-6-5-7-10-16;1-2-4-5-3-1;/h5-12,14-15,18,20H,13H2,1-4H3;1-5H;/q;;+2/t15?,18-,20?;;/m1../s1. The van der Waals surface area contributed by atoms with Crippen molar-refractivity contribution in [1.29, 1.82) is 0 Å². The van der Waals surface area contributed by atoms with Gasteiger partial charge >= 0.3 is 176 Å². The van der Waals surface area contributed by atoms with Crippen molar-refractivity contribution in [3.05, 3.63) is 98.0 Å². The monoisotopic (exact) mass is 525 g/mol. The van der Waals surface area contributed by atoms with Crippen LogP contribution in [0, 0.1) is 68.0 Å². The zero-order valence-electron chi connectivity index (χ0n) is 18.5. The van der Waals surface area contributed by atoms with Gasteiger partial charge in [-0.25, -0.2) is 0 Å². The summed E-state index contributed by atoms with van der Waals surface area (Å²) in [6.07, 6.45) is 16.6. The Morgan fingerprint density at radius 1 is 0.968 bits per heavy atom. The molecule has 0 amide bonds. The molecule has 1 heterocycles. The second kappa shape index (κ2) is 14.1. The first kappa shape index (κ1) is 26.9. The summed E-state index contributed by atoms with van der Waals surface area (Å²) < 4.78 is 11.7. The molecule has 1 aromatic rings. The Labute approximate surface area is 207 Å². The van der Waals surface area contributed by atoms with E-state index in [9.17, 15) is 0 Å². The van der Waals surface area contributed by atoms with Crippen LogP contribution in [0.4, 0.5) is 0 Å². The van der Waals surface area contributed by atoms with Crippen molar-refractivity contribution in [3.63, 3.8) is 0 Å². The minimum absolute atomic E-state index is 0. The smallest absolute Gasteiger partial charge is 0.0312 e. The number of methoxy groups -OCH3 is 1. The first-order chi connectivity index (χ1) is 14.6. The second-order valence-electron chi connectivity index (χ2n) is 7.71. The van der Waals surface area contributed by atoms with Crippen molar-refractivity contribution >= 4 is 20.9 Å². The molecule has 31 heavy (non-hydrogen) atoms. The second-order valence-corrected chi connectivity index (χ2v) is 10.7. The van der Waals surface area contributed by atoms with Crippen LogP contribution in [0.15, 0.2) is 35.3 Å². The average Bonchev–Trinajstić information content (AvgIpc) is 3.52. The summed E-state index contributed by atoms with van der Waals surface area (Å²) in [7, 11) is 1.80. The van der Waals surface area contributed by atoms with E-state index in [0.717, 1.165) is 11.8 Å².